The van der Waals surface area contributed by atoms with E-state index in [-0.39, 0.29) is 5.41 Å². The molecule has 0 aliphatic carbocycles. The van der Waals surface area contributed by atoms with Crippen molar-refractivity contribution in [3.05, 3.63) is 65.7 Å². The minimum absolute atomic E-state index is 0.0428. The predicted molar refractivity (Wildman–Crippen MR) is 119 cm³/mol. The van der Waals surface area contributed by atoms with Crippen LogP contribution in [0.1, 0.15) is 30.9 Å². The molecule has 1 heterocycles. The van der Waals surface area contributed by atoms with Gasteiger partial charge in [-0.05, 0) is 43.0 Å². The SMILES string of the molecule is CCNC(=NCC1(c2ccccc2)CCOCC1)N(C)Cc1ccc(OC)cc1. The van der Waals surface area contributed by atoms with Crippen LogP contribution < -0.4 is 10.1 Å². The highest BCUT2D eigenvalue weighted by molar-refractivity contribution is 5.79. The van der Waals surface area contributed by atoms with E-state index in [1.54, 1.807) is 7.11 Å². The summed E-state index contributed by atoms with van der Waals surface area (Å²) < 4.78 is 10.9. The van der Waals surface area contributed by atoms with Crippen molar-refractivity contribution in [1.82, 2.24) is 10.2 Å². The van der Waals surface area contributed by atoms with Crippen molar-refractivity contribution in [2.45, 2.75) is 31.7 Å². The second-order valence-corrected chi connectivity index (χ2v) is 7.63. The fraction of sp³-hybridized carbons (Fsp3) is 0.458. The van der Waals surface area contributed by atoms with E-state index in [9.17, 15) is 0 Å². The number of methoxy groups -OCH3 is 1. The molecular weight excluding hydrogens is 362 g/mol. The van der Waals surface area contributed by atoms with E-state index in [0.29, 0.717) is 0 Å². The second kappa shape index (κ2) is 10.3. The molecule has 0 radical (unpaired) electrons. The van der Waals surface area contributed by atoms with Crippen LogP contribution >= 0.6 is 0 Å². The van der Waals surface area contributed by atoms with Crippen LogP contribution in [0.5, 0.6) is 5.75 Å². The number of ether oxygens (including phenoxy) is 2. The summed E-state index contributed by atoms with van der Waals surface area (Å²) in [4.78, 5) is 7.25. The first-order chi connectivity index (χ1) is 14.2. The van der Waals surface area contributed by atoms with Crippen molar-refractivity contribution in [1.29, 1.82) is 0 Å². The van der Waals surface area contributed by atoms with Gasteiger partial charge in [0.15, 0.2) is 5.96 Å². The third kappa shape index (κ3) is 5.51. The Morgan fingerprint density at radius 3 is 2.41 bits per heavy atom. The minimum atomic E-state index is 0.0428. The zero-order chi connectivity index (χ0) is 20.5. The van der Waals surface area contributed by atoms with Gasteiger partial charge >= 0.3 is 0 Å². The van der Waals surface area contributed by atoms with E-state index < -0.39 is 0 Å². The topological polar surface area (TPSA) is 46.1 Å². The van der Waals surface area contributed by atoms with Crippen molar-refractivity contribution >= 4 is 5.96 Å². The molecule has 0 spiro atoms. The molecule has 5 heteroatoms. The molecule has 156 valence electrons. The van der Waals surface area contributed by atoms with Gasteiger partial charge in [-0.3, -0.25) is 4.99 Å². The highest BCUT2D eigenvalue weighted by Crippen LogP contribution is 2.35. The maximum atomic E-state index is 5.66. The van der Waals surface area contributed by atoms with Crippen LogP contribution in [0.4, 0.5) is 0 Å². The van der Waals surface area contributed by atoms with Crippen molar-refractivity contribution in [3.63, 3.8) is 0 Å². The van der Waals surface area contributed by atoms with Gasteiger partial charge in [-0.2, -0.15) is 0 Å². The molecule has 1 aliphatic heterocycles. The van der Waals surface area contributed by atoms with E-state index >= 15 is 0 Å². The summed E-state index contributed by atoms with van der Waals surface area (Å²) in [5, 5.41) is 3.45. The lowest BCUT2D eigenvalue weighted by Crippen LogP contribution is -2.41. The molecule has 1 aliphatic rings. The Morgan fingerprint density at radius 2 is 1.79 bits per heavy atom. The van der Waals surface area contributed by atoms with E-state index in [2.05, 4.69) is 66.7 Å². The molecule has 0 atom stereocenters. The van der Waals surface area contributed by atoms with Gasteiger partial charge in [0.2, 0.25) is 0 Å². The van der Waals surface area contributed by atoms with Gasteiger partial charge in [-0.1, -0.05) is 42.5 Å². The first-order valence-corrected chi connectivity index (χ1v) is 10.4. The molecule has 0 saturated carbocycles. The molecule has 0 bridgehead atoms. The van der Waals surface area contributed by atoms with Gasteiger partial charge < -0.3 is 19.7 Å². The molecule has 0 unspecified atom stereocenters. The smallest absolute Gasteiger partial charge is 0.193 e. The number of hydrogen-bond acceptors (Lipinski definition) is 3. The summed E-state index contributed by atoms with van der Waals surface area (Å²) in [5.74, 6) is 1.81. The standard InChI is InChI=1S/C24H33N3O2/c1-4-25-23(27(2)18-20-10-12-22(28-3)13-11-20)26-19-24(14-16-29-17-15-24)21-8-6-5-7-9-21/h5-13H,4,14-19H2,1-3H3,(H,25,26). The van der Waals surface area contributed by atoms with Gasteiger partial charge in [0.25, 0.3) is 0 Å². The number of rotatable bonds is 7. The zero-order valence-electron chi connectivity index (χ0n) is 17.9. The van der Waals surface area contributed by atoms with Crippen LogP contribution in [-0.4, -0.2) is 51.3 Å². The summed E-state index contributed by atoms with van der Waals surface area (Å²) >= 11 is 0. The molecule has 3 rings (SSSR count). The lowest BCUT2D eigenvalue weighted by Gasteiger charge is -2.37. The van der Waals surface area contributed by atoms with E-state index in [1.165, 1.54) is 11.1 Å². The number of guanidine groups is 1. The molecule has 0 aromatic heterocycles. The lowest BCUT2D eigenvalue weighted by molar-refractivity contribution is 0.0530. The van der Waals surface area contributed by atoms with E-state index in [4.69, 9.17) is 14.5 Å². The highest BCUT2D eigenvalue weighted by atomic mass is 16.5. The average Bonchev–Trinajstić information content (AvgIpc) is 2.78. The molecule has 2 aromatic carbocycles. The fourth-order valence-corrected chi connectivity index (χ4v) is 3.87. The number of benzene rings is 2. The Hall–Kier alpha value is -2.53. The molecule has 1 fully saturated rings. The molecule has 5 nitrogen and oxygen atoms in total. The van der Waals surface area contributed by atoms with Crippen molar-refractivity contribution in [2.24, 2.45) is 4.99 Å². The predicted octanol–water partition coefficient (Wildman–Crippen LogP) is 3.84. The Labute approximate surface area is 174 Å². The summed E-state index contributed by atoms with van der Waals surface area (Å²) in [6.45, 7) is 6.09. The number of hydrogen-bond donors (Lipinski definition) is 1. The summed E-state index contributed by atoms with van der Waals surface area (Å²) in [5.41, 5.74) is 2.63. The number of aliphatic imine (C=N–C) groups is 1. The Kier molecular flexibility index (Phi) is 7.53. The lowest BCUT2D eigenvalue weighted by atomic mass is 9.74. The molecular formula is C24H33N3O2. The van der Waals surface area contributed by atoms with Gasteiger partial charge in [0.1, 0.15) is 5.75 Å². The van der Waals surface area contributed by atoms with Crippen molar-refractivity contribution < 1.29 is 9.47 Å². The third-order valence-corrected chi connectivity index (χ3v) is 5.64. The first kappa shape index (κ1) is 21.2. The zero-order valence-corrected chi connectivity index (χ0v) is 17.9. The van der Waals surface area contributed by atoms with Gasteiger partial charge in [-0.15, -0.1) is 0 Å². The first-order valence-electron chi connectivity index (χ1n) is 10.4. The van der Waals surface area contributed by atoms with Crippen molar-refractivity contribution in [2.75, 3.05) is 40.5 Å². The molecule has 29 heavy (non-hydrogen) atoms. The van der Waals surface area contributed by atoms with Gasteiger partial charge in [0, 0.05) is 38.8 Å². The molecule has 1 saturated heterocycles. The molecule has 1 N–H and O–H groups in total. The van der Waals surface area contributed by atoms with Crippen LogP contribution in [0, 0.1) is 0 Å². The number of nitrogens with zero attached hydrogens (tertiary/aromatic N) is 2. The molecule has 0 amide bonds. The van der Waals surface area contributed by atoms with Crippen LogP contribution in [0.15, 0.2) is 59.6 Å². The quantitative estimate of drug-likeness (QED) is 0.572. The largest absolute Gasteiger partial charge is 0.497 e. The van der Waals surface area contributed by atoms with Crippen molar-refractivity contribution in [3.8, 4) is 5.75 Å². The maximum Gasteiger partial charge on any atom is 0.193 e. The minimum Gasteiger partial charge on any atom is -0.497 e. The Bertz CT molecular complexity index is 768. The summed E-state index contributed by atoms with van der Waals surface area (Å²) in [6.07, 6.45) is 2.00. The monoisotopic (exact) mass is 395 g/mol. The maximum absolute atomic E-state index is 5.66. The normalized spacial score (nSPS) is 16.3. The summed E-state index contributed by atoms with van der Waals surface area (Å²) in [6, 6.07) is 19.0. The summed E-state index contributed by atoms with van der Waals surface area (Å²) in [7, 11) is 3.78. The Morgan fingerprint density at radius 1 is 1.10 bits per heavy atom. The highest BCUT2D eigenvalue weighted by Gasteiger charge is 2.34. The molecule has 2 aromatic rings. The van der Waals surface area contributed by atoms with Crippen LogP contribution in [0.2, 0.25) is 0 Å². The Balaban J connectivity index is 1.77. The third-order valence-electron chi connectivity index (χ3n) is 5.64. The van der Waals surface area contributed by atoms with Gasteiger partial charge in [-0.25, -0.2) is 0 Å². The van der Waals surface area contributed by atoms with Crippen LogP contribution in [0.25, 0.3) is 0 Å². The average molecular weight is 396 g/mol. The van der Waals surface area contributed by atoms with Crippen LogP contribution in [0.3, 0.4) is 0 Å². The van der Waals surface area contributed by atoms with Crippen LogP contribution in [-0.2, 0) is 16.7 Å². The van der Waals surface area contributed by atoms with Gasteiger partial charge in [0.05, 0.1) is 13.7 Å². The second-order valence-electron chi connectivity index (χ2n) is 7.63. The number of nitrogens with one attached hydrogen (secondary N) is 1. The fourth-order valence-electron chi connectivity index (χ4n) is 3.87. The van der Waals surface area contributed by atoms with E-state index in [1.807, 2.05) is 12.1 Å². The van der Waals surface area contributed by atoms with E-state index in [0.717, 1.165) is 57.4 Å².